The molecule has 0 fully saturated rings. The van der Waals surface area contributed by atoms with E-state index in [9.17, 15) is 0 Å². The molecule has 0 bridgehead atoms. The molecule has 218 valence electrons. The van der Waals surface area contributed by atoms with Gasteiger partial charge in [-0.3, -0.25) is 0 Å². The average molecular weight is 589 g/mol. The number of rotatable bonds is 6. The van der Waals surface area contributed by atoms with Gasteiger partial charge >= 0.3 is 0 Å². The third-order valence-corrected chi connectivity index (χ3v) is 8.85. The first kappa shape index (κ1) is 27.4. The zero-order chi connectivity index (χ0) is 30.9. The van der Waals surface area contributed by atoms with Gasteiger partial charge in [0.1, 0.15) is 0 Å². The maximum Gasteiger partial charge on any atom is 0.0474 e. The number of nitrogen functional groups attached to an aromatic ring is 1. The number of para-hydroxylation sites is 2. The van der Waals surface area contributed by atoms with Crippen molar-refractivity contribution in [2.45, 2.75) is 0 Å². The van der Waals surface area contributed by atoms with Gasteiger partial charge in [-0.05, 0) is 67.6 Å². The first-order valence-corrected chi connectivity index (χ1v) is 15.7. The Balaban J connectivity index is 1.19. The highest BCUT2D eigenvalue weighted by Crippen LogP contribution is 2.44. The van der Waals surface area contributed by atoms with Gasteiger partial charge in [0.25, 0.3) is 0 Å². The molecule has 0 saturated heterocycles. The molecule has 46 heavy (non-hydrogen) atoms. The summed E-state index contributed by atoms with van der Waals surface area (Å²) in [5.74, 6) is 0. The van der Waals surface area contributed by atoms with Crippen LogP contribution in [0.4, 0.5) is 17.1 Å². The van der Waals surface area contributed by atoms with Gasteiger partial charge < -0.3 is 11.1 Å². The number of fused-ring (bicyclic) bond motifs is 2. The highest BCUT2D eigenvalue weighted by molar-refractivity contribution is 6.21. The lowest BCUT2D eigenvalue weighted by atomic mass is 9.86. The second-order valence-corrected chi connectivity index (χ2v) is 11.6. The average Bonchev–Trinajstić information content (AvgIpc) is 3.12. The number of nitrogens with two attached hydrogens (primary N) is 1. The van der Waals surface area contributed by atoms with Gasteiger partial charge in [0.05, 0.1) is 0 Å². The molecule has 8 aromatic carbocycles. The van der Waals surface area contributed by atoms with Crippen molar-refractivity contribution in [2.24, 2.45) is 0 Å². The summed E-state index contributed by atoms with van der Waals surface area (Å²) in [5.41, 5.74) is 18.8. The van der Waals surface area contributed by atoms with E-state index in [1.807, 2.05) is 18.2 Å². The van der Waals surface area contributed by atoms with Crippen LogP contribution in [0.5, 0.6) is 0 Å². The van der Waals surface area contributed by atoms with Gasteiger partial charge in [0, 0.05) is 33.8 Å². The highest BCUT2D eigenvalue weighted by atomic mass is 14.9. The van der Waals surface area contributed by atoms with Crippen LogP contribution in [0.3, 0.4) is 0 Å². The number of anilines is 3. The van der Waals surface area contributed by atoms with E-state index in [0.29, 0.717) is 0 Å². The maximum absolute atomic E-state index is 6.80. The van der Waals surface area contributed by atoms with E-state index in [1.165, 1.54) is 43.8 Å². The van der Waals surface area contributed by atoms with Crippen LogP contribution < -0.4 is 11.1 Å². The van der Waals surface area contributed by atoms with E-state index in [2.05, 4.69) is 163 Å². The fourth-order valence-corrected chi connectivity index (χ4v) is 6.73. The molecule has 3 N–H and O–H groups in total. The summed E-state index contributed by atoms with van der Waals surface area (Å²) in [6, 6.07) is 62.0. The topological polar surface area (TPSA) is 38.0 Å². The number of nitrogens with one attached hydrogen (secondary N) is 1. The normalized spacial score (nSPS) is 11.1. The lowest BCUT2D eigenvalue weighted by Gasteiger charge is -2.18. The standard InChI is InChI=1S/C44H32N2/c45-44-34(30-14-3-1-4-15-30)23-13-24-40(44)35-18-11-12-25-41(35)46-33-28-26-32(27-29-33)43-38-21-9-7-19-36(38)42(31-16-5-2-6-17-31)37-20-8-10-22-39(37)43/h1-29,46H,45H2. The van der Waals surface area contributed by atoms with E-state index >= 15 is 0 Å². The smallest absolute Gasteiger partial charge is 0.0474 e. The molecule has 0 aliphatic carbocycles. The van der Waals surface area contributed by atoms with Crippen LogP contribution in [0, 0.1) is 0 Å². The molecule has 0 amide bonds. The molecule has 0 heterocycles. The Kier molecular flexibility index (Phi) is 7.01. The molecule has 2 heteroatoms. The van der Waals surface area contributed by atoms with E-state index in [0.717, 1.165) is 39.3 Å². The van der Waals surface area contributed by atoms with Crippen LogP contribution in [0.1, 0.15) is 0 Å². The minimum absolute atomic E-state index is 0.774. The van der Waals surface area contributed by atoms with Crippen molar-refractivity contribution in [1.29, 1.82) is 0 Å². The Morgan fingerprint density at radius 1 is 0.326 bits per heavy atom. The summed E-state index contributed by atoms with van der Waals surface area (Å²) in [5, 5.41) is 8.70. The molecule has 0 aliphatic heterocycles. The summed E-state index contributed by atoms with van der Waals surface area (Å²) in [6.07, 6.45) is 0. The first-order chi connectivity index (χ1) is 22.8. The largest absolute Gasteiger partial charge is 0.398 e. The third-order valence-electron chi connectivity index (χ3n) is 8.85. The zero-order valence-corrected chi connectivity index (χ0v) is 25.3. The molecule has 0 saturated carbocycles. The van der Waals surface area contributed by atoms with E-state index in [1.54, 1.807) is 0 Å². The molecule has 0 radical (unpaired) electrons. The van der Waals surface area contributed by atoms with Crippen LogP contribution >= 0.6 is 0 Å². The highest BCUT2D eigenvalue weighted by Gasteiger charge is 2.17. The molecular weight excluding hydrogens is 556 g/mol. The Bertz CT molecular complexity index is 2270. The Morgan fingerprint density at radius 3 is 1.35 bits per heavy atom. The molecule has 0 atom stereocenters. The van der Waals surface area contributed by atoms with Crippen LogP contribution in [-0.2, 0) is 0 Å². The van der Waals surface area contributed by atoms with Gasteiger partial charge in [-0.2, -0.15) is 0 Å². The SMILES string of the molecule is Nc1c(-c2ccccc2)cccc1-c1ccccc1Nc1ccc(-c2c3ccccc3c(-c3ccccc3)c3ccccc23)cc1. The van der Waals surface area contributed by atoms with Crippen LogP contribution in [0.15, 0.2) is 176 Å². The van der Waals surface area contributed by atoms with E-state index < -0.39 is 0 Å². The quantitative estimate of drug-likeness (QED) is 0.150. The molecule has 0 spiro atoms. The fourth-order valence-electron chi connectivity index (χ4n) is 6.73. The van der Waals surface area contributed by atoms with Gasteiger partial charge in [-0.15, -0.1) is 0 Å². The monoisotopic (exact) mass is 588 g/mol. The lowest BCUT2D eigenvalue weighted by Crippen LogP contribution is -1.98. The molecule has 8 rings (SSSR count). The molecule has 0 aromatic heterocycles. The van der Waals surface area contributed by atoms with Crippen molar-refractivity contribution < 1.29 is 0 Å². The second kappa shape index (κ2) is 11.8. The summed E-state index contributed by atoms with van der Waals surface area (Å²) in [6.45, 7) is 0. The molecule has 0 aliphatic rings. The predicted molar refractivity (Wildman–Crippen MR) is 197 cm³/mol. The van der Waals surface area contributed by atoms with Crippen molar-refractivity contribution >= 4 is 38.6 Å². The van der Waals surface area contributed by atoms with Gasteiger partial charge in [0.2, 0.25) is 0 Å². The molecule has 0 unspecified atom stereocenters. The summed E-state index contributed by atoms with van der Waals surface area (Å²) in [7, 11) is 0. The number of hydrogen-bond donors (Lipinski definition) is 2. The second-order valence-electron chi connectivity index (χ2n) is 11.6. The van der Waals surface area contributed by atoms with Crippen molar-refractivity contribution in [3.8, 4) is 44.5 Å². The fraction of sp³-hybridized carbons (Fsp3) is 0. The molecule has 2 nitrogen and oxygen atoms in total. The molecule has 8 aromatic rings. The van der Waals surface area contributed by atoms with Crippen molar-refractivity contribution in [3.05, 3.63) is 176 Å². The van der Waals surface area contributed by atoms with Crippen molar-refractivity contribution in [2.75, 3.05) is 11.1 Å². The van der Waals surface area contributed by atoms with Crippen molar-refractivity contribution in [3.63, 3.8) is 0 Å². The van der Waals surface area contributed by atoms with Crippen molar-refractivity contribution in [1.82, 2.24) is 0 Å². The van der Waals surface area contributed by atoms with E-state index in [4.69, 9.17) is 5.73 Å². The number of benzene rings is 8. The van der Waals surface area contributed by atoms with Gasteiger partial charge in [0.15, 0.2) is 0 Å². The Morgan fingerprint density at radius 2 is 0.761 bits per heavy atom. The first-order valence-electron chi connectivity index (χ1n) is 15.7. The van der Waals surface area contributed by atoms with Crippen LogP contribution in [0.2, 0.25) is 0 Å². The zero-order valence-electron chi connectivity index (χ0n) is 25.3. The number of hydrogen-bond acceptors (Lipinski definition) is 2. The summed E-state index contributed by atoms with van der Waals surface area (Å²) >= 11 is 0. The minimum Gasteiger partial charge on any atom is -0.398 e. The predicted octanol–water partition coefficient (Wildman–Crippen LogP) is 12.0. The summed E-state index contributed by atoms with van der Waals surface area (Å²) in [4.78, 5) is 0. The third kappa shape index (κ3) is 4.87. The van der Waals surface area contributed by atoms with E-state index in [-0.39, 0.29) is 0 Å². The lowest BCUT2D eigenvalue weighted by molar-refractivity contribution is 1.53. The van der Waals surface area contributed by atoms with Gasteiger partial charge in [-0.1, -0.05) is 158 Å². The Hall–Kier alpha value is -6.12. The maximum atomic E-state index is 6.80. The van der Waals surface area contributed by atoms with Crippen LogP contribution in [-0.4, -0.2) is 0 Å². The Labute approximate surface area is 269 Å². The molecular formula is C44H32N2. The van der Waals surface area contributed by atoms with Crippen LogP contribution in [0.25, 0.3) is 66.1 Å². The van der Waals surface area contributed by atoms with Gasteiger partial charge in [-0.25, -0.2) is 0 Å². The minimum atomic E-state index is 0.774. The summed E-state index contributed by atoms with van der Waals surface area (Å²) < 4.78 is 0.